The molecule has 7 heteroatoms. The number of quaternary nitrogens is 1. The number of aromatic nitrogens is 2. The van der Waals surface area contributed by atoms with Gasteiger partial charge in [-0.2, -0.15) is 0 Å². The van der Waals surface area contributed by atoms with E-state index in [1.54, 1.807) is 30.9 Å². The molecule has 2 N–H and O–H groups in total. The van der Waals surface area contributed by atoms with Gasteiger partial charge in [-0.25, -0.2) is 0 Å². The Morgan fingerprint density at radius 2 is 1.78 bits per heavy atom. The molecular weight excluding hydrogens is 314 g/mol. The number of likely N-dealkylation sites (N-methyl/N-ethyl adjacent to an activating group) is 1. The van der Waals surface area contributed by atoms with E-state index < -0.39 is 0 Å². The highest BCUT2D eigenvalue weighted by atomic mass is 32.1. The average molecular weight is 338 g/mol. The van der Waals surface area contributed by atoms with Crippen molar-refractivity contribution in [2.75, 3.05) is 33.9 Å². The van der Waals surface area contributed by atoms with Crippen LogP contribution in [-0.4, -0.2) is 43.4 Å². The molecule has 2 aromatic rings. The van der Waals surface area contributed by atoms with Crippen molar-refractivity contribution >= 4 is 23.1 Å². The summed E-state index contributed by atoms with van der Waals surface area (Å²) < 4.78 is 12.6. The van der Waals surface area contributed by atoms with Gasteiger partial charge in [-0.05, 0) is 32.1 Å². The third-order valence-electron chi connectivity index (χ3n) is 4.17. The molecule has 0 unspecified atom stereocenters. The van der Waals surface area contributed by atoms with Gasteiger partial charge in [-0.15, -0.1) is 0 Å². The first-order valence-corrected chi connectivity index (χ1v) is 8.18. The van der Waals surface area contributed by atoms with Gasteiger partial charge in [0.05, 0.1) is 51.3 Å². The minimum Gasteiger partial charge on any atom is -0.493 e. The van der Waals surface area contributed by atoms with Crippen LogP contribution in [0.15, 0.2) is 16.9 Å². The van der Waals surface area contributed by atoms with Gasteiger partial charge >= 0.3 is 0 Å². The van der Waals surface area contributed by atoms with Crippen molar-refractivity contribution in [3.05, 3.63) is 27.3 Å². The van der Waals surface area contributed by atoms with Crippen LogP contribution in [0.2, 0.25) is 0 Å². The average Bonchev–Trinajstić information content (AvgIpc) is 2.57. The maximum absolute atomic E-state index is 12.8. The van der Waals surface area contributed by atoms with E-state index in [1.165, 1.54) is 4.90 Å². The number of benzene rings is 1. The van der Waals surface area contributed by atoms with Gasteiger partial charge in [0.1, 0.15) is 0 Å². The molecule has 0 aliphatic heterocycles. The highest BCUT2D eigenvalue weighted by molar-refractivity contribution is 7.71. The van der Waals surface area contributed by atoms with E-state index in [4.69, 9.17) is 21.7 Å². The standard InChI is InChI=1S/C16H23N3O3S/c1-5-18(6-2)7-8-19-15(20)11-9-13(21-3)14(22-4)10-12(11)17-16(19)23/h9-10H,5-8H2,1-4H3,(H,17,23)/p+1. The van der Waals surface area contributed by atoms with E-state index in [-0.39, 0.29) is 5.56 Å². The quantitative estimate of drug-likeness (QED) is 0.740. The number of nitrogens with zero attached hydrogens (tertiary/aromatic N) is 1. The van der Waals surface area contributed by atoms with Crippen molar-refractivity contribution in [3.8, 4) is 11.5 Å². The lowest BCUT2D eigenvalue weighted by Crippen LogP contribution is -3.11. The minimum atomic E-state index is -0.101. The summed E-state index contributed by atoms with van der Waals surface area (Å²) in [4.78, 5) is 17.3. The summed E-state index contributed by atoms with van der Waals surface area (Å²) in [6.07, 6.45) is 0. The molecule has 126 valence electrons. The molecule has 0 radical (unpaired) electrons. The van der Waals surface area contributed by atoms with Gasteiger partial charge < -0.3 is 19.4 Å². The van der Waals surface area contributed by atoms with Crippen LogP contribution in [0.4, 0.5) is 0 Å². The minimum absolute atomic E-state index is 0.101. The molecule has 0 saturated carbocycles. The Morgan fingerprint density at radius 1 is 1.17 bits per heavy atom. The number of fused-ring (bicyclic) bond motifs is 1. The summed E-state index contributed by atoms with van der Waals surface area (Å²) in [6.45, 7) is 7.79. The Labute approximate surface area is 140 Å². The maximum atomic E-state index is 12.8. The zero-order chi connectivity index (χ0) is 17.0. The molecule has 23 heavy (non-hydrogen) atoms. The molecule has 1 heterocycles. The Hall–Kier alpha value is -1.86. The molecule has 2 rings (SSSR count). The number of hydrogen-bond donors (Lipinski definition) is 2. The topological polar surface area (TPSA) is 60.7 Å². The molecule has 0 atom stereocenters. The molecule has 0 spiro atoms. The third-order valence-corrected chi connectivity index (χ3v) is 4.50. The maximum Gasteiger partial charge on any atom is 0.262 e. The lowest BCUT2D eigenvalue weighted by atomic mass is 10.2. The molecule has 0 aliphatic carbocycles. The Bertz CT molecular complexity index is 793. The second-order valence-electron chi connectivity index (χ2n) is 5.35. The monoisotopic (exact) mass is 338 g/mol. The van der Waals surface area contributed by atoms with E-state index in [0.717, 1.165) is 19.6 Å². The van der Waals surface area contributed by atoms with Crippen LogP contribution in [0.5, 0.6) is 11.5 Å². The van der Waals surface area contributed by atoms with Crippen LogP contribution in [0.25, 0.3) is 10.9 Å². The van der Waals surface area contributed by atoms with Crippen LogP contribution in [-0.2, 0) is 6.54 Å². The fraction of sp³-hybridized carbons (Fsp3) is 0.500. The predicted octanol–water partition coefficient (Wildman–Crippen LogP) is 1.00. The van der Waals surface area contributed by atoms with Crippen LogP contribution >= 0.6 is 12.2 Å². The van der Waals surface area contributed by atoms with Crippen LogP contribution in [0, 0.1) is 4.77 Å². The second kappa shape index (κ2) is 7.61. The molecule has 1 aromatic heterocycles. The van der Waals surface area contributed by atoms with Crippen molar-refractivity contribution in [1.29, 1.82) is 0 Å². The van der Waals surface area contributed by atoms with Crippen LogP contribution in [0.1, 0.15) is 13.8 Å². The van der Waals surface area contributed by atoms with Gasteiger partial charge in [0, 0.05) is 6.07 Å². The van der Waals surface area contributed by atoms with Crippen molar-refractivity contribution in [2.24, 2.45) is 0 Å². The van der Waals surface area contributed by atoms with Gasteiger partial charge in [0.2, 0.25) is 0 Å². The summed E-state index contributed by atoms with van der Waals surface area (Å²) in [5.74, 6) is 1.10. The number of methoxy groups -OCH3 is 2. The predicted molar refractivity (Wildman–Crippen MR) is 93.4 cm³/mol. The smallest absolute Gasteiger partial charge is 0.262 e. The molecular formula is C16H24N3O3S+. The molecule has 0 bridgehead atoms. The van der Waals surface area contributed by atoms with Gasteiger partial charge in [-0.1, -0.05) is 0 Å². The highest BCUT2D eigenvalue weighted by Crippen LogP contribution is 2.29. The lowest BCUT2D eigenvalue weighted by Gasteiger charge is -2.16. The zero-order valence-corrected chi connectivity index (χ0v) is 14.9. The summed E-state index contributed by atoms with van der Waals surface area (Å²) in [6, 6.07) is 3.44. The van der Waals surface area contributed by atoms with Crippen molar-refractivity contribution in [2.45, 2.75) is 20.4 Å². The normalized spacial score (nSPS) is 11.2. The number of H-pyrrole nitrogens is 1. The third kappa shape index (κ3) is 3.56. The summed E-state index contributed by atoms with van der Waals surface area (Å²) in [7, 11) is 3.11. The molecule has 0 aliphatic rings. The second-order valence-corrected chi connectivity index (χ2v) is 5.73. The molecule has 6 nitrogen and oxygen atoms in total. The van der Waals surface area contributed by atoms with E-state index in [1.807, 2.05) is 0 Å². The van der Waals surface area contributed by atoms with Crippen LogP contribution in [0.3, 0.4) is 0 Å². The highest BCUT2D eigenvalue weighted by Gasteiger charge is 2.12. The van der Waals surface area contributed by atoms with E-state index in [0.29, 0.717) is 33.7 Å². The van der Waals surface area contributed by atoms with E-state index in [9.17, 15) is 4.79 Å². The Kier molecular flexibility index (Phi) is 5.79. The fourth-order valence-electron chi connectivity index (χ4n) is 2.66. The number of nitrogens with one attached hydrogen (secondary N) is 2. The molecule has 0 amide bonds. The zero-order valence-electron chi connectivity index (χ0n) is 14.1. The van der Waals surface area contributed by atoms with Gasteiger partial charge in [0.25, 0.3) is 5.56 Å². The molecule has 0 fully saturated rings. The first-order chi connectivity index (χ1) is 11.0. The summed E-state index contributed by atoms with van der Waals surface area (Å²) >= 11 is 5.36. The number of aromatic amines is 1. The largest absolute Gasteiger partial charge is 0.493 e. The SMILES string of the molecule is CC[NH+](CC)CCn1c(=S)[nH]c2cc(OC)c(OC)cc2c1=O. The number of hydrogen-bond acceptors (Lipinski definition) is 4. The first kappa shape index (κ1) is 17.5. The number of ether oxygens (including phenoxy) is 2. The fourth-order valence-corrected chi connectivity index (χ4v) is 2.94. The first-order valence-electron chi connectivity index (χ1n) is 7.78. The van der Waals surface area contributed by atoms with Crippen molar-refractivity contribution < 1.29 is 14.4 Å². The van der Waals surface area contributed by atoms with Gasteiger partial charge in [-0.3, -0.25) is 9.36 Å². The van der Waals surface area contributed by atoms with Crippen molar-refractivity contribution in [3.63, 3.8) is 0 Å². The van der Waals surface area contributed by atoms with Gasteiger partial charge in [0.15, 0.2) is 16.3 Å². The van der Waals surface area contributed by atoms with Crippen LogP contribution < -0.4 is 19.9 Å². The Morgan fingerprint density at radius 3 is 2.35 bits per heavy atom. The van der Waals surface area contributed by atoms with E-state index >= 15 is 0 Å². The molecule has 1 aromatic carbocycles. The number of rotatable bonds is 7. The summed E-state index contributed by atoms with van der Waals surface area (Å²) in [5, 5.41) is 0.547. The molecule has 0 saturated heterocycles. The summed E-state index contributed by atoms with van der Waals surface area (Å²) in [5.41, 5.74) is 0.556. The van der Waals surface area contributed by atoms with Crippen molar-refractivity contribution in [1.82, 2.24) is 9.55 Å². The van der Waals surface area contributed by atoms with E-state index in [2.05, 4.69) is 18.8 Å². The Balaban J connectivity index is 2.51. The lowest BCUT2D eigenvalue weighted by molar-refractivity contribution is -0.897.